The number of hydrogen-bond acceptors (Lipinski definition) is 4. The Bertz CT molecular complexity index is 516. The molecule has 0 bridgehead atoms. The summed E-state index contributed by atoms with van der Waals surface area (Å²) in [6.07, 6.45) is 8.98. The van der Waals surface area contributed by atoms with Gasteiger partial charge in [-0.15, -0.1) is 0 Å². The Kier molecular flexibility index (Phi) is 4.60. The molecule has 5 heteroatoms. The molecule has 0 radical (unpaired) electrons. The van der Waals surface area contributed by atoms with Crippen molar-refractivity contribution in [2.75, 3.05) is 17.2 Å². The van der Waals surface area contributed by atoms with E-state index in [1.54, 1.807) is 6.20 Å². The summed E-state index contributed by atoms with van der Waals surface area (Å²) < 4.78 is 2.01. The maximum absolute atomic E-state index is 4.64. The standard InChI is InChI=1S/C14H23N5/c1-4-7-15-12-10-19-9-8-16-14(19)13(18-12)17-11(5-2)6-3/h8-11,15H,4-7H2,1-3H3,(H,17,18). The molecule has 0 amide bonds. The second kappa shape index (κ2) is 6.41. The molecule has 2 rings (SSSR count). The molecule has 0 unspecified atom stereocenters. The van der Waals surface area contributed by atoms with Gasteiger partial charge in [0.2, 0.25) is 0 Å². The van der Waals surface area contributed by atoms with Crippen LogP contribution in [-0.2, 0) is 0 Å². The van der Waals surface area contributed by atoms with E-state index < -0.39 is 0 Å². The van der Waals surface area contributed by atoms with Crippen molar-refractivity contribution in [2.24, 2.45) is 0 Å². The minimum atomic E-state index is 0.439. The average molecular weight is 261 g/mol. The first-order valence-corrected chi connectivity index (χ1v) is 7.12. The van der Waals surface area contributed by atoms with E-state index in [1.807, 2.05) is 16.8 Å². The van der Waals surface area contributed by atoms with E-state index in [9.17, 15) is 0 Å². The van der Waals surface area contributed by atoms with Gasteiger partial charge in [0.25, 0.3) is 0 Å². The van der Waals surface area contributed by atoms with Crippen LogP contribution in [0.1, 0.15) is 40.0 Å². The van der Waals surface area contributed by atoms with Gasteiger partial charge in [0.15, 0.2) is 11.5 Å². The zero-order valence-electron chi connectivity index (χ0n) is 12.0. The van der Waals surface area contributed by atoms with Crippen molar-refractivity contribution in [1.29, 1.82) is 0 Å². The lowest BCUT2D eigenvalue weighted by Crippen LogP contribution is -2.19. The van der Waals surface area contributed by atoms with Crippen molar-refractivity contribution in [2.45, 2.75) is 46.1 Å². The molecular weight excluding hydrogens is 238 g/mol. The zero-order chi connectivity index (χ0) is 13.7. The molecular formula is C14H23N5. The van der Waals surface area contributed by atoms with Gasteiger partial charge in [0.05, 0.1) is 6.20 Å². The Labute approximate surface area is 114 Å². The van der Waals surface area contributed by atoms with Crippen LogP contribution in [0.4, 0.5) is 11.6 Å². The molecule has 0 atom stereocenters. The van der Waals surface area contributed by atoms with Crippen LogP contribution >= 0.6 is 0 Å². The summed E-state index contributed by atoms with van der Waals surface area (Å²) in [7, 11) is 0. The number of aromatic nitrogens is 3. The first-order valence-electron chi connectivity index (χ1n) is 7.12. The Hall–Kier alpha value is -1.78. The summed E-state index contributed by atoms with van der Waals surface area (Å²) in [5.41, 5.74) is 0.883. The predicted octanol–water partition coefficient (Wildman–Crippen LogP) is 3.15. The molecule has 0 aliphatic heterocycles. The van der Waals surface area contributed by atoms with Crippen LogP contribution < -0.4 is 10.6 Å². The number of fused-ring (bicyclic) bond motifs is 1. The van der Waals surface area contributed by atoms with Crippen LogP contribution in [0.3, 0.4) is 0 Å². The minimum Gasteiger partial charge on any atom is -0.369 e. The summed E-state index contributed by atoms with van der Waals surface area (Å²) >= 11 is 0. The fraction of sp³-hybridized carbons (Fsp3) is 0.571. The molecule has 0 fully saturated rings. The van der Waals surface area contributed by atoms with Crippen LogP contribution in [0, 0.1) is 0 Å². The molecule has 104 valence electrons. The fourth-order valence-electron chi connectivity index (χ4n) is 2.05. The van der Waals surface area contributed by atoms with Gasteiger partial charge in [-0.2, -0.15) is 0 Å². The second-order valence-electron chi connectivity index (χ2n) is 4.72. The summed E-state index contributed by atoms with van der Waals surface area (Å²) in [6.45, 7) is 7.44. The van der Waals surface area contributed by atoms with Crippen LogP contribution in [0.25, 0.3) is 5.65 Å². The first kappa shape index (κ1) is 13.6. The van der Waals surface area contributed by atoms with Gasteiger partial charge >= 0.3 is 0 Å². The van der Waals surface area contributed by atoms with Crippen molar-refractivity contribution in [3.05, 3.63) is 18.6 Å². The summed E-state index contributed by atoms with van der Waals surface area (Å²) in [6, 6.07) is 0.439. The van der Waals surface area contributed by atoms with Gasteiger partial charge in [-0.25, -0.2) is 9.97 Å². The average Bonchev–Trinajstić information content (AvgIpc) is 2.90. The molecule has 0 aliphatic carbocycles. The molecule has 0 saturated carbocycles. The Morgan fingerprint density at radius 3 is 2.74 bits per heavy atom. The monoisotopic (exact) mass is 261 g/mol. The highest BCUT2D eigenvalue weighted by atomic mass is 15.1. The van der Waals surface area contributed by atoms with Gasteiger partial charge in [-0.05, 0) is 19.3 Å². The third kappa shape index (κ3) is 3.16. The molecule has 19 heavy (non-hydrogen) atoms. The fourth-order valence-corrected chi connectivity index (χ4v) is 2.05. The van der Waals surface area contributed by atoms with Crippen molar-refractivity contribution < 1.29 is 0 Å². The second-order valence-corrected chi connectivity index (χ2v) is 4.72. The third-order valence-electron chi connectivity index (χ3n) is 3.26. The number of imidazole rings is 1. The minimum absolute atomic E-state index is 0.439. The maximum Gasteiger partial charge on any atom is 0.180 e. The van der Waals surface area contributed by atoms with Gasteiger partial charge in [-0.1, -0.05) is 20.8 Å². The molecule has 0 aliphatic rings. The van der Waals surface area contributed by atoms with Gasteiger partial charge < -0.3 is 15.0 Å². The van der Waals surface area contributed by atoms with E-state index in [2.05, 4.69) is 41.4 Å². The quantitative estimate of drug-likeness (QED) is 0.804. The normalized spacial score (nSPS) is 11.2. The van der Waals surface area contributed by atoms with Crippen molar-refractivity contribution in [3.63, 3.8) is 0 Å². The number of rotatable bonds is 7. The number of nitrogens with one attached hydrogen (secondary N) is 2. The maximum atomic E-state index is 4.64. The molecule has 0 aromatic carbocycles. The lowest BCUT2D eigenvalue weighted by atomic mass is 10.2. The van der Waals surface area contributed by atoms with Crippen molar-refractivity contribution in [1.82, 2.24) is 14.4 Å². The third-order valence-corrected chi connectivity index (χ3v) is 3.26. The molecule has 2 aromatic heterocycles. The lowest BCUT2D eigenvalue weighted by Gasteiger charge is -2.17. The Morgan fingerprint density at radius 2 is 2.05 bits per heavy atom. The van der Waals surface area contributed by atoms with E-state index in [4.69, 9.17) is 0 Å². The van der Waals surface area contributed by atoms with Crippen LogP contribution in [0.2, 0.25) is 0 Å². The summed E-state index contributed by atoms with van der Waals surface area (Å²) in [5, 5.41) is 6.82. The lowest BCUT2D eigenvalue weighted by molar-refractivity contribution is 0.668. The van der Waals surface area contributed by atoms with Crippen LogP contribution in [0.5, 0.6) is 0 Å². The van der Waals surface area contributed by atoms with Crippen LogP contribution in [0.15, 0.2) is 18.6 Å². The van der Waals surface area contributed by atoms with E-state index >= 15 is 0 Å². The predicted molar refractivity (Wildman–Crippen MR) is 79.8 cm³/mol. The molecule has 2 aromatic rings. The number of hydrogen-bond donors (Lipinski definition) is 2. The van der Waals surface area contributed by atoms with Gasteiger partial charge in [0.1, 0.15) is 5.82 Å². The van der Waals surface area contributed by atoms with E-state index in [0.29, 0.717) is 6.04 Å². The summed E-state index contributed by atoms with van der Waals surface area (Å²) in [4.78, 5) is 9.01. The Morgan fingerprint density at radius 1 is 1.26 bits per heavy atom. The van der Waals surface area contributed by atoms with Crippen molar-refractivity contribution in [3.8, 4) is 0 Å². The zero-order valence-corrected chi connectivity index (χ0v) is 12.0. The molecule has 2 heterocycles. The first-order chi connectivity index (χ1) is 9.28. The molecule has 5 nitrogen and oxygen atoms in total. The molecule has 0 saturated heterocycles. The molecule has 2 N–H and O–H groups in total. The van der Waals surface area contributed by atoms with E-state index in [-0.39, 0.29) is 0 Å². The number of nitrogens with zero attached hydrogens (tertiary/aromatic N) is 3. The topological polar surface area (TPSA) is 54.2 Å². The van der Waals surface area contributed by atoms with Crippen LogP contribution in [-0.4, -0.2) is 27.0 Å². The Balaban J connectivity index is 2.30. The van der Waals surface area contributed by atoms with Gasteiger partial charge in [-0.3, -0.25) is 0 Å². The van der Waals surface area contributed by atoms with Crippen molar-refractivity contribution >= 4 is 17.3 Å². The summed E-state index contributed by atoms with van der Waals surface area (Å²) in [5.74, 6) is 1.75. The van der Waals surface area contributed by atoms with E-state index in [0.717, 1.165) is 43.1 Å². The highest BCUT2D eigenvalue weighted by Crippen LogP contribution is 2.18. The smallest absolute Gasteiger partial charge is 0.180 e. The SMILES string of the molecule is CCCNc1cn2ccnc2c(NC(CC)CC)n1. The highest BCUT2D eigenvalue weighted by molar-refractivity contribution is 5.65. The number of anilines is 2. The van der Waals surface area contributed by atoms with E-state index in [1.165, 1.54) is 0 Å². The highest BCUT2D eigenvalue weighted by Gasteiger charge is 2.10. The van der Waals surface area contributed by atoms with Gasteiger partial charge in [0, 0.05) is 25.0 Å². The largest absolute Gasteiger partial charge is 0.369 e. The molecule has 0 spiro atoms.